The summed E-state index contributed by atoms with van der Waals surface area (Å²) in [5, 5.41) is 9.64. The van der Waals surface area contributed by atoms with Gasteiger partial charge in [0.25, 0.3) is 0 Å². The summed E-state index contributed by atoms with van der Waals surface area (Å²) in [6.07, 6.45) is 1.61. The zero-order valence-corrected chi connectivity index (χ0v) is 8.73. The quantitative estimate of drug-likeness (QED) is 0.726. The molecule has 0 saturated heterocycles. The molecule has 84 valence electrons. The van der Waals surface area contributed by atoms with E-state index in [9.17, 15) is 4.79 Å². The van der Waals surface area contributed by atoms with Crippen LogP contribution < -0.4 is 10.5 Å². The van der Waals surface area contributed by atoms with Gasteiger partial charge in [0, 0.05) is 22.7 Å². The van der Waals surface area contributed by atoms with Crippen LogP contribution in [-0.2, 0) is 4.79 Å². The average Bonchev–Trinajstić information content (AvgIpc) is 2.70. The fourth-order valence-corrected chi connectivity index (χ4v) is 1.64. The number of aliphatic carboxylic acids is 1. The van der Waals surface area contributed by atoms with E-state index in [1.165, 1.54) is 0 Å². The topological polar surface area (TPSA) is 88.3 Å². The minimum absolute atomic E-state index is 0.557. The molecular formula is C11H12N2O3. The van der Waals surface area contributed by atoms with Crippen molar-refractivity contribution in [1.82, 2.24) is 4.98 Å². The van der Waals surface area contributed by atoms with Crippen molar-refractivity contribution in [3.05, 3.63) is 30.0 Å². The summed E-state index contributed by atoms with van der Waals surface area (Å²) < 4.78 is 5.08. The summed E-state index contributed by atoms with van der Waals surface area (Å²) in [7, 11) is 1.56. The van der Waals surface area contributed by atoms with Crippen LogP contribution >= 0.6 is 0 Å². The second kappa shape index (κ2) is 3.86. The lowest BCUT2D eigenvalue weighted by atomic mass is 10.1. The van der Waals surface area contributed by atoms with Gasteiger partial charge < -0.3 is 20.6 Å². The summed E-state index contributed by atoms with van der Waals surface area (Å²) in [6.45, 7) is 0. The molecule has 0 spiro atoms. The summed E-state index contributed by atoms with van der Waals surface area (Å²) >= 11 is 0. The molecule has 1 atom stereocenters. The monoisotopic (exact) mass is 220 g/mol. The Morgan fingerprint density at radius 2 is 2.31 bits per heavy atom. The van der Waals surface area contributed by atoms with Crippen molar-refractivity contribution in [2.24, 2.45) is 5.73 Å². The number of benzene rings is 1. The van der Waals surface area contributed by atoms with E-state index in [0.717, 1.165) is 10.9 Å². The highest BCUT2D eigenvalue weighted by atomic mass is 16.5. The number of nitrogens with one attached hydrogen (secondary N) is 1. The van der Waals surface area contributed by atoms with Gasteiger partial charge in [-0.1, -0.05) is 0 Å². The normalized spacial score (nSPS) is 12.6. The Morgan fingerprint density at radius 1 is 1.56 bits per heavy atom. The lowest BCUT2D eigenvalue weighted by molar-refractivity contribution is -0.138. The van der Waals surface area contributed by atoms with Crippen molar-refractivity contribution in [2.45, 2.75) is 6.04 Å². The number of nitrogens with two attached hydrogens (primary N) is 1. The first-order chi connectivity index (χ1) is 7.63. The van der Waals surface area contributed by atoms with Crippen molar-refractivity contribution < 1.29 is 14.6 Å². The highest BCUT2D eigenvalue weighted by molar-refractivity contribution is 5.89. The maximum absolute atomic E-state index is 10.8. The first-order valence-corrected chi connectivity index (χ1v) is 4.77. The van der Waals surface area contributed by atoms with Crippen LogP contribution in [0, 0.1) is 0 Å². The Hall–Kier alpha value is -2.01. The number of rotatable bonds is 3. The van der Waals surface area contributed by atoms with E-state index < -0.39 is 12.0 Å². The van der Waals surface area contributed by atoms with Crippen LogP contribution in [0.2, 0.25) is 0 Å². The molecule has 2 aromatic rings. The number of H-pyrrole nitrogens is 1. The Morgan fingerprint density at radius 3 is 2.94 bits per heavy atom. The zero-order chi connectivity index (χ0) is 11.7. The molecule has 0 fully saturated rings. The SMILES string of the molecule is COc1ccc2[nH]cc([C@@H](N)C(=O)O)c2c1. The molecule has 0 unspecified atom stereocenters. The molecule has 0 radical (unpaired) electrons. The van der Waals surface area contributed by atoms with Crippen LogP contribution in [0.25, 0.3) is 10.9 Å². The molecule has 1 aromatic heterocycles. The molecule has 0 amide bonds. The van der Waals surface area contributed by atoms with E-state index in [4.69, 9.17) is 15.6 Å². The maximum Gasteiger partial charge on any atom is 0.325 e. The number of methoxy groups -OCH3 is 1. The van der Waals surface area contributed by atoms with Gasteiger partial charge in [-0.05, 0) is 18.2 Å². The smallest absolute Gasteiger partial charge is 0.325 e. The first-order valence-electron chi connectivity index (χ1n) is 4.77. The van der Waals surface area contributed by atoms with Crippen LogP contribution in [0.3, 0.4) is 0 Å². The zero-order valence-electron chi connectivity index (χ0n) is 8.73. The molecule has 1 aromatic carbocycles. The van der Waals surface area contributed by atoms with Gasteiger partial charge in [0.05, 0.1) is 7.11 Å². The Balaban J connectivity index is 2.57. The molecule has 0 aliphatic carbocycles. The average molecular weight is 220 g/mol. The van der Waals surface area contributed by atoms with E-state index in [1.807, 2.05) is 6.07 Å². The molecule has 5 nitrogen and oxygen atoms in total. The van der Waals surface area contributed by atoms with Crippen LogP contribution in [0.5, 0.6) is 5.75 Å². The number of carboxylic acid groups (broad SMARTS) is 1. The number of fused-ring (bicyclic) bond motifs is 1. The third-order valence-corrected chi connectivity index (χ3v) is 2.52. The van der Waals surface area contributed by atoms with Crippen LogP contribution in [-0.4, -0.2) is 23.2 Å². The van der Waals surface area contributed by atoms with Crippen molar-refractivity contribution in [2.75, 3.05) is 7.11 Å². The summed E-state index contributed by atoms with van der Waals surface area (Å²) in [5.74, 6) is -0.380. The first kappa shape index (κ1) is 10.5. The highest BCUT2D eigenvalue weighted by Gasteiger charge is 2.18. The van der Waals surface area contributed by atoms with E-state index in [2.05, 4.69) is 4.98 Å². The van der Waals surface area contributed by atoms with Gasteiger partial charge in [0.15, 0.2) is 0 Å². The van der Waals surface area contributed by atoms with Crippen molar-refractivity contribution in [1.29, 1.82) is 0 Å². The predicted octanol–water partition coefficient (Wildman–Crippen LogP) is 1.26. The van der Waals surface area contributed by atoms with E-state index in [-0.39, 0.29) is 0 Å². The molecule has 0 aliphatic heterocycles. The van der Waals surface area contributed by atoms with Gasteiger partial charge in [-0.3, -0.25) is 4.79 Å². The number of hydrogen-bond donors (Lipinski definition) is 3. The minimum Gasteiger partial charge on any atom is -0.497 e. The number of ether oxygens (including phenoxy) is 1. The van der Waals surface area contributed by atoms with E-state index in [1.54, 1.807) is 25.4 Å². The second-order valence-electron chi connectivity index (χ2n) is 3.47. The van der Waals surface area contributed by atoms with Crippen molar-refractivity contribution in [3.8, 4) is 5.75 Å². The molecule has 0 bridgehead atoms. The van der Waals surface area contributed by atoms with Gasteiger partial charge >= 0.3 is 5.97 Å². The van der Waals surface area contributed by atoms with Crippen LogP contribution in [0.4, 0.5) is 0 Å². The molecular weight excluding hydrogens is 208 g/mol. The molecule has 0 aliphatic rings. The Kier molecular flexibility index (Phi) is 2.54. The minimum atomic E-state index is -1.05. The van der Waals surface area contributed by atoms with Gasteiger partial charge in [-0.2, -0.15) is 0 Å². The largest absolute Gasteiger partial charge is 0.497 e. The maximum atomic E-state index is 10.8. The molecule has 5 heteroatoms. The number of aromatic amines is 1. The van der Waals surface area contributed by atoms with E-state index >= 15 is 0 Å². The van der Waals surface area contributed by atoms with Crippen molar-refractivity contribution in [3.63, 3.8) is 0 Å². The molecule has 1 heterocycles. The number of carboxylic acids is 1. The van der Waals surface area contributed by atoms with Crippen molar-refractivity contribution >= 4 is 16.9 Å². The third-order valence-electron chi connectivity index (χ3n) is 2.52. The fourth-order valence-electron chi connectivity index (χ4n) is 1.64. The van der Waals surface area contributed by atoms with Gasteiger partial charge in [0.1, 0.15) is 11.8 Å². The lowest BCUT2D eigenvalue weighted by Crippen LogP contribution is -2.20. The number of carbonyl (C=O) groups is 1. The third kappa shape index (κ3) is 1.61. The standard InChI is InChI=1S/C11H12N2O3/c1-16-6-2-3-9-7(4-6)8(5-13-9)10(12)11(14)15/h2-5,10,13H,12H2,1H3,(H,14,15)/t10-/m1/s1. The lowest BCUT2D eigenvalue weighted by Gasteiger charge is -2.05. The molecule has 16 heavy (non-hydrogen) atoms. The summed E-state index contributed by atoms with van der Waals surface area (Å²) in [5.41, 5.74) is 6.98. The van der Waals surface area contributed by atoms with Crippen LogP contribution in [0.15, 0.2) is 24.4 Å². The van der Waals surface area contributed by atoms with Crippen LogP contribution in [0.1, 0.15) is 11.6 Å². The Bertz CT molecular complexity index is 533. The predicted molar refractivity (Wildman–Crippen MR) is 59.4 cm³/mol. The molecule has 2 rings (SSSR count). The second-order valence-corrected chi connectivity index (χ2v) is 3.47. The summed E-state index contributed by atoms with van der Waals surface area (Å²) in [4.78, 5) is 13.8. The fraction of sp³-hybridized carbons (Fsp3) is 0.182. The Labute approximate surface area is 91.8 Å². The molecule has 0 saturated carbocycles. The molecule has 4 N–H and O–H groups in total. The highest BCUT2D eigenvalue weighted by Crippen LogP contribution is 2.26. The number of hydrogen-bond acceptors (Lipinski definition) is 3. The van der Waals surface area contributed by atoms with Gasteiger partial charge in [-0.15, -0.1) is 0 Å². The summed E-state index contributed by atoms with van der Waals surface area (Å²) in [6, 6.07) is 4.37. The van der Waals surface area contributed by atoms with E-state index in [0.29, 0.717) is 11.3 Å². The van der Waals surface area contributed by atoms with Gasteiger partial charge in [-0.25, -0.2) is 0 Å². The van der Waals surface area contributed by atoms with Gasteiger partial charge in [0.2, 0.25) is 0 Å². The number of aromatic nitrogens is 1.